The molecular weight excluding hydrogens is 324 g/mol. The molecule has 118 valence electrons. The minimum Gasteiger partial charge on any atom is -0.433 e. The van der Waals surface area contributed by atoms with Gasteiger partial charge in [-0.3, -0.25) is 4.79 Å². The van der Waals surface area contributed by atoms with Crippen molar-refractivity contribution in [2.45, 2.75) is 18.4 Å². The predicted molar refractivity (Wildman–Crippen MR) is 75.9 cm³/mol. The van der Waals surface area contributed by atoms with Crippen LogP contribution in [-0.2, 0) is 14.8 Å². The van der Waals surface area contributed by atoms with E-state index >= 15 is 0 Å². The van der Waals surface area contributed by atoms with Gasteiger partial charge in [0.25, 0.3) is 10.0 Å². The highest BCUT2D eigenvalue weighted by Gasteiger charge is 2.25. The third-order valence-corrected chi connectivity index (χ3v) is 4.67. The van der Waals surface area contributed by atoms with Crippen LogP contribution < -0.4 is 9.46 Å². The van der Waals surface area contributed by atoms with Crippen LogP contribution in [0.3, 0.4) is 0 Å². The van der Waals surface area contributed by atoms with E-state index in [1.807, 2.05) is 4.72 Å². The van der Waals surface area contributed by atoms with E-state index in [4.69, 9.17) is 0 Å². The zero-order valence-corrected chi connectivity index (χ0v) is 13.0. The van der Waals surface area contributed by atoms with Crippen LogP contribution in [0.2, 0.25) is 0 Å². The number of benzene rings is 1. The molecule has 0 unspecified atom stereocenters. The van der Waals surface area contributed by atoms with Crippen LogP contribution in [0.1, 0.15) is 6.92 Å². The molecule has 0 fully saturated rings. The van der Waals surface area contributed by atoms with Crippen molar-refractivity contribution in [2.75, 3.05) is 12.0 Å². The highest BCUT2D eigenvalue weighted by molar-refractivity contribution is 7.98. The van der Waals surface area contributed by atoms with Gasteiger partial charge in [0.05, 0.1) is 0 Å². The molecule has 9 heteroatoms. The van der Waals surface area contributed by atoms with E-state index < -0.39 is 39.1 Å². The number of amides is 1. The van der Waals surface area contributed by atoms with Gasteiger partial charge in [-0.05, 0) is 18.4 Å². The molecule has 0 aromatic heterocycles. The molecular formula is C12H15F2NO4S2. The average molecular weight is 339 g/mol. The smallest absolute Gasteiger partial charge is 0.387 e. The van der Waals surface area contributed by atoms with Gasteiger partial charge in [0.15, 0.2) is 0 Å². The van der Waals surface area contributed by atoms with Crippen LogP contribution in [0.4, 0.5) is 8.78 Å². The average Bonchev–Trinajstić information content (AvgIpc) is 2.38. The number of thioether (sulfide) groups is 1. The summed E-state index contributed by atoms with van der Waals surface area (Å²) in [6.45, 7) is -1.59. The number of sulfonamides is 1. The Morgan fingerprint density at radius 1 is 1.38 bits per heavy atom. The second-order valence-electron chi connectivity index (χ2n) is 4.15. The first-order valence-corrected chi connectivity index (χ1v) is 8.75. The molecule has 0 aliphatic heterocycles. The highest BCUT2D eigenvalue weighted by atomic mass is 32.2. The van der Waals surface area contributed by atoms with Gasteiger partial charge >= 0.3 is 6.61 Å². The first-order valence-electron chi connectivity index (χ1n) is 5.87. The van der Waals surface area contributed by atoms with Gasteiger partial charge in [-0.2, -0.15) is 20.5 Å². The SMILES string of the molecule is CSC[C@H](C)C(=O)NS(=O)(=O)c1ccccc1OC(F)F. The van der Waals surface area contributed by atoms with Crippen LogP contribution in [0.5, 0.6) is 5.75 Å². The van der Waals surface area contributed by atoms with Crippen molar-refractivity contribution in [3.8, 4) is 5.75 Å². The Morgan fingerprint density at radius 2 is 2.00 bits per heavy atom. The molecule has 1 N–H and O–H groups in total. The van der Waals surface area contributed by atoms with Gasteiger partial charge in [0.2, 0.25) is 5.91 Å². The number of rotatable bonds is 7. The highest BCUT2D eigenvalue weighted by Crippen LogP contribution is 2.25. The van der Waals surface area contributed by atoms with E-state index in [9.17, 15) is 22.0 Å². The number of halogens is 2. The summed E-state index contributed by atoms with van der Waals surface area (Å²) in [5, 5.41) is 0. The summed E-state index contributed by atoms with van der Waals surface area (Å²) in [7, 11) is -4.27. The van der Waals surface area contributed by atoms with Gasteiger partial charge in [-0.15, -0.1) is 0 Å². The molecule has 0 heterocycles. The quantitative estimate of drug-likeness (QED) is 0.823. The van der Waals surface area contributed by atoms with Crippen molar-refractivity contribution in [2.24, 2.45) is 5.92 Å². The number of hydrogen-bond acceptors (Lipinski definition) is 5. The maximum atomic E-state index is 12.3. The second-order valence-corrected chi connectivity index (χ2v) is 6.71. The third-order valence-electron chi connectivity index (χ3n) is 2.45. The maximum absolute atomic E-state index is 12.3. The zero-order chi connectivity index (χ0) is 16.0. The second kappa shape index (κ2) is 7.60. The Labute approximate surface area is 126 Å². The Bertz CT molecular complexity index is 593. The topological polar surface area (TPSA) is 72.5 Å². The van der Waals surface area contributed by atoms with Crippen LogP contribution >= 0.6 is 11.8 Å². The van der Waals surface area contributed by atoms with E-state index in [0.717, 1.165) is 12.1 Å². The normalized spacial score (nSPS) is 13.0. The molecule has 0 aliphatic rings. The number of alkyl halides is 2. The summed E-state index contributed by atoms with van der Waals surface area (Å²) in [4.78, 5) is 11.3. The van der Waals surface area contributed by atoms with Crippen molar-refractivity contribution >= 4 is 27.7 Å². The lowest BCUT2D eigenvalue weighted by molar-refractivity contribution is -0.122. The number of hydrogen-bond donors (Lipinski definition) is 1. The fourth-order valence-electron chi connectivity index (χ4n) is 1.48. The van der Waals surface area contributed by atoms with Crippen LogP contribution in [-0.4, -0.2) is 32.9 Å². The van der Waals surface area contributed by atoms with E-state index in [0.29, 0.717) is 5.75 Å². The molecule has 0 bridgehead atoms. The van der Waals surface area contributed by atoms with Gasteiger partial charge in [0.1, 0.15) is 10.6 Å². The lowest BCUT2D eigenvalue weighted by Gasteiger charge is -2.14. The van der Waals surface area contributed by atoms with E-state index in [-0.39, 0.29) is 0 Å². The van der Waals surface area contributed by atoms with Crippen molar-refractivity contribution in [1.29, 1.82) is 0 Å². The minimum absolute atomic E-state index is 0.441. The first-order chi connectivity index (χ1) is 9.77. The lowest BCUT2D eigenvalue weighted by Crippen LogP contribution is -2.35. The molecule has 21 heavy (non-hydrogen) atoms. The first kappa shape index (κ1) is 17.7. The Balaban J connectivity index is 3.00. The molecule has 5 nitrogen and oxygen atoms in total. The maximum Gasteiger partial charge on any atom is 0.387 e. The minimum atomic E-state index is -4.27. The van der Waals surface area contributed by atoms with Crippen molar-refractivity contribution in [3.63, 3.8) is 0 Å². The van der Waals surface area contributed by atoms with E-state index in [2.05, 4.69) is 4.74 Å². The van der Waals surface area contributed by atoms with Crippen molar-refractivity contribution in [3.05, 3.63) is 24.3 Å². The number of carbonyl (C=O) groups excluding carboxylic acids is 1. The summed E-state index contributed by atoms with van der Waals surface area (Å²) in [5.74, 6) is -1.30. The Morgan fingerprint density at radius 3 is 2.57 bits per heavy atom. The van der Waals surface area contributed by atoms with Crippen molar-refractivity contribution < 1.29 is 26.7 Å². The van der Waals surface area contributed by atoms with Gasteiger partial charge < -0.3 is 4.74 Å². The van der Waals surface area contributed by atoms with E-state index in [1.54, 1.807) is 13.2 Å². The number of ether oxygens (including phenoxy) is 1. The Kier molecular flexibility index (Phi) is 6.41. The van der Waals surface area contributed by atoms with Gasteiger partial charge in [-0.1, -0.05) is 19.1 Å². The summed E-state index contributed by atoms with van der Waals surface area (Å²) >= 11 is 1.39. The molecule has 0 aliphatic carbocycles. The van der Waals surface area contributed by atoms with E-state index in [1.165, 1.54) is 23.9 Å². The molecule has 0 saturated carbocycles. The monoisotopic (exact) mass is 339 g/mol. The molecule has 1 aromatic rings. The molecule has 0 radical (unpaired) electrons. The third kappa shape index (κ3) is 5.16. The number of carbonyl (C=O) groups is 1. The zero-order valence-electron chi connectivity index (χ0n) is 11.4. The van der Waals surface area contributed by atoms with Crippen LogP contribution in [0.25, 0.3) is 0 Å². The summed E-state index contributed by atoms with van der Waals surface area (Å²) in [6, 6.07) is 4.89. The fraction of sp³-hybridized carbons (Fsp3) is 0.417. The predicted octanol–water partition coefficient (Wildman–Crippen LogP) is 2.09. The summed E-state index contributed by atoms with van der Waals surface area (Å²) in [5.41, 5.74) is 0. The lowest BCUT2D eigenvalue weighted by atomic mass is 10.2. The molecule has 1 amide bonds. The van der Waals surface area contributed by atoms with Crippen LogP contribution in [0, 0.1) is 5.92 Å². The van der Waals surface area contributed by atoms with Crippen molar-refractivity contribution in [1.82, 2.24) is 4.72 Å². The number of para-hydroxylation sites is 1. The summed E-state index contributed by atoms with van der Waals surface area (Å²) < 4.78 is 54.7. The largest absolute Gasteiger partial charge is 0.433 e. The molecule has 1 atom stereocenters. The van der Waals surface area contributed by atoms with Crippen LogP contribution in [0.15, 0.2) is 29.2 Å². The molecule has 1 aromatic carbocycles. The molecule has 1 rings (SSSR count). The van der Waals surface area contributed by atoms with Gasteiger partial charge in [-0.25, -0.2) is 13.1 Å². The summed E-state index contributed by atoms with van der Waals surface area (Å²) in [6.07, 6.45) is 1.78. The molecule has 0 spiro atoms. The molecule has 0 saturated heterocycles. The van der Waals surface area contributed by atoms with Gasteiger partial charge in [0, 0.05) is 11.7 Å². The number of nitrogens with one attached hydrogen (secondary N) is 1. The standard InChI is InChI=1S/C12H15F2NO4S2/c1-8(7-20-2)11(16)15-21(17,18)10-6-4-3-5-9(10)19-12(13)14/h3-6,8,12H,7H2,1-2H3,(H,15,16)/t8-/m0/s1. The fourth-order valence-corrected chi connectivity index (χ4v) is 3.35. The Hall–Kier alpha value is -1.35.